The van der Waals surface area contributed by atoms with E-state index in [0.717, 1.165) is 33.5 Å². The number of rotatable bonds is 10. The van der Waals surface area contributed by atoms with Crippen molar-refractivity contribution < 1.29 is 0 Å². The summed E-state index contributed by atoms with van der Waals surface area (Å²) in [4.78, 5) is 18.2. The molecule has 0 aromatic carbocycles. The molecule has 6 aromatic heterocycles. The summed E-state index contributed by atoms with van der Waals surface area (Å²) in [6.45, 7) is 10.8. The lowest BCUT2D eigenvalue weighted by molar-refractivity contribution is 0.724. The highest BCUT2D eigenvalue weighted by molar-refractivity contribution is 6.50. The average molecular weight is 644 g/mol. The lowest BCUT2D eigenvalue weighted by Crippen LogP contribution is -2.42. The highest BCUT2D eigenvalue weighted by Crippen LogP contribution is 2.33. The lowest BCUT2D eigenvalue weighted by Gasteiger charge is -2.18. The molecule has 244 valence electrons. The van der Waals surface area contributed by atoms with Crippen LogP contribution in [0.5, 0.6) is 0 Å². The van der Waals surface area contributed by atoms with Gasteiger partial charge in [-0.3, -0.25) is 5.41 Å². The summed E-state index contributed by atoms with van der Waals surface area (Å²) in [5, 5.41) is 28.7. The van der Waals surface area contributed by atoms with Gasteiger partial charge in [0.2, 0.25) is 0 Å². The van der Waals surface area contributed by atoms with E-state index in [1.807, 2.05) is 69.5 Å². The third-order valence-electron chi connectivity index (χ3n) is 8.51. The molecule has 0 bridgehead atoms. The SMILES string of the molecule is Cc1ccc2c(N=C3NC(=Nc4c(NCCn5ccnc5)nn5c(C)c(C)ccc45)C(N)=CC3=N)c(NCCn3ccnc3)nn2c1C. The number of fused-ring (bicyclic) bond motifs is 2. The Hall–Kier alpha value is -6.25. The van der Waals surface area contributed by atoms with Crippen LogP contribution in [0.1, 0.15) is 22.5 Å². The molecule has 15 heteroatoms. The fourth-order valence-corrected chi connectivity index (χ4v) is 5.49. The van der Waals surface area contributed by atoms with Crippen molar-refractivity contribution in [2.75, 3.05) is 23.7 Å². The number of anilines is 2. The molecule has 0 unspecified atom stereocenters. The van der Waals surface area contributed by atoms with Crippen molar-refractivity contribution in [1.82, 2.24) is 43.6 Å². The fourth-order valence-electron chi connectivity index (χ4n) is 5.49. The Bertz CT molecular complexity index is 2230. The van der Waals surface area contributed by atoms with Gasteiger partial charge in [-0.05, 0) is 57.0 Å². The first-order chi connectivity index (χ1) is 23.3. The van der Waals surface area contributed by atoms with Crippen LogP contribution in [0.15, 0.2) is 83.5 Å². The first-order valence-corrected chi connectivity index (χ1v) is 15.6. The molecule has 0 spiro atoms. The van der Waals surface area contributed by atoms with Crippen LogP contribution in [-0.4, -0.2) is 68.8 Å². The molecular weight excluding hydrogens is 606 g/mol. The second kappa shape index (κ2) is 12.5. The molecule has 0 aliphatic carbocycles. The van der Waals surface area contributed by atoms with Crippen molar-refractivity contribution in [3.63, 3.8) is 0 Å². The normalized spacial score (nSPS) is 15.1. The number of hydrogen-bond acceptors (Lipinski definition) is 10. The fraction of sp³-hybridized carbons (Fsp3) is 0.242. The minimum absolute atomic E-state index is 0.129. The smallest absolute Gasteiger partial charge is 0.175 e. The average Bonchev–Trinajstić information content (AvgIpc) is 3.89. The van der Waals surface area contributed by atoms with Crippen molar-refractivity contribution in [1.29, 1.82) is 5.41 Å². The Morgan fingerprint density at radius 1 is 0.750 bits per heavy atom. The van der Waals surface area contributed by atoms with Crippen molar-refractivity contribution in [2.24, 2.45) is 15.7 Å². The van der Waals surface area contributed by atoms with Crippen LogP contribution in [0.25, 0.3) is 11.0 Å². The second-order valence-corrected chi connectivity index (χ2v) is 11.7. The van der Waals surface area contributed by atoms with Crippen molar-refractivity contribution in [3.8, 4) is 0 Å². The molecule has 1 aliphatic heterocycles. The van der Waals surface area contributed by atoms with Crippen molar-refractivity contribution >= 4 is 51.4 Å². The molecule has 1 aliphatic rings. The standard InChI is InChI=1S/C33H37N15/c1-20-5-7-26-28(32(43-47(26)22(20)3)38-11-15-45-13-9-36-18-45)40-30-24(34)17-25(35)31(42-30)41-29-27-8-6-21(2)23(4)48(27)44-33(29)39-12-16-46-14-10-37-19-46/h5-10,13-14,17-19,34H,11-12,15-16,35H2,1-4H3,(H,38,43)(H,39,44)(H,40,41,42). The molecule has 7 rings (SSSR count). The summed E-state index contributed by atoms with van der Waals surface area (Å²) in [6.07, 6.45) is 12.5. The minimum atomic E-state index is 0.129. The van der Waals surface area contributed by atoms with Gasteiger partial charge in [0.1, 0.15) is 11.4 Å². The predicted octanol–water partition coefficient (Wildman–Crippen LogP) is 4.06. The van der Waals surface area contributed by atoms with E-state index in [2.05, 4.69) is 38.9 Å². The molecule has 7 heterocycles. The summed E-state index contributed by atoms with van der Waals surface area (Å²) >= 11 is 0. The monoisotopic (exact) mass is 643 g/mol. The number of nitrogens with zero attached hydrogens (tertiary/aromatic N) is 10. The van der Waals surface area contributed by atoms with E-state index in [-0.39, 0.29) is 5.71 Å². The number of nitrogens with two attached hydrogens (primary N) is 1. The van der Waals surface area contributed by atoms with Gasteiger partial charge in [-0.1, -0.05) is 12.1 Å². The van der Waals surface area contributed by atoms with E-state index in [4.69, 9.17) is 31.3 Å². The molecule has 6 N–H and O–H groups in total. The van der Waals surface area contributed by atoms with Gasteiger partial charge in [-0.25, -0.2) is 29.0 Å². The van der Waals surface area contributed by atoms with Gasteiger partial charge in [-0.15, -0.1) is 10.2 Å². The van der Waals surface area contributed by atoms with Crippen LogP contribution in [0.3, 0.4) is 0 Å². The van der Waals surface area contributed by atoms with Gasteiger partial charge < -0.3 is 30.8 Å². The van der Waals surface area contributed by atoms with Gasteiger partial charge >= 0.3 is 0 Å². The summed E-state index contributed by atoms with van der Waals surface area (Å²) in [5.41, 5.74) is 14.0. The zero-order chi connectivity index (χ0) is 33.4. The third kappa shape index (κ3) is 5.77. The Morgan fingerprint density at radius 3 is 1.73 bits per heavy atom. The number of amidine groups is 2. The van der Waals surface area contributed by atoms with E-state index in [0.29, 0.717) is 66.6 Å². The largest absolute Gasteiger partial charge is 0.396 e. The number of imidazole rings is 2. The first-order valence-electron chi connectivity index (χ1n) is 15.6. The van der Waals surface area contributed by atoms with Crippen LogP contribution >= 0.6 is 0 Å². The first kappa shape index (κ1) is 30.4. The number of pyridine rings is 2. The van der Waals surface area contributed by atoms with Crippen LogP contribution in [0.2, 0.25) is 0 Å². The zero-order valence-electron chi connectivity index (χ0n) is 27.2. The Morgan fingerprint density at radius 2 is 1.25 bits per heavy atom. The maximum Gasteiger partial charge on any atom is 0.175 e. The zero-order valence-corrected chi connectivity index (χ0v) is 27.2. The third-order valence-corrected chi connectivity index (χ3v) is 8.51. The number of aromatic nitrogens is 8. The maximum atomic E-state index is 8.79. The van der Waals surface area contributed by atoms with Crippen molar-refractivity contribution in [3.05, 3.63) is 96.0 Å². The van der Waals surface area contributed by atoms with Gasteiger partial charge in [0.15, 0.2) is 23.3 Å². The molecule has 0 radical (unpaired) electrons. The molecule has 48 heavy (non-hydrogen) atoms. The Balaban J connectivity index is 1.26. The topological polar surface area (TPSA) is 181 Å². The molecule has 6 aromatic rings. The number of hydrogen-bond donors (Lipinski definition) is 5. The van der Waals surface area contributed by atoms with E-state index in [1.54, 1.807) is 31.1 Å². The molecule has 0 fully saturated rings. The minimum Gasteiger partial charge on any atom is -0.396 e. The van der Waals surface area contributed by atoms with E-state index >= 15 is 0 Å². The van der Waals surface area contributed by atoms with Gasteiger partial charge in [0.05, 0.1) is 35.1 Å². The van der Waals surface area contributed by atoms with Gasteiger partial charge in [-0.2, -0.15) is 0 Å². The highest BCUT2D eigenvalue weighted by atomic mass is 15.3. The van der Waals surface area contributed by atoms with E-state index < -0.39 is 0 Å². The van der Waals surface area contributed by atoms with Gasteiger partial charge in [0, 0.05) is 62.4 Å². The highest BCUT2D eigenvalue weighted by Gasteiger charge is 2.23. The van der Waals surface area contributed by atoms with Crippen LogP contribution in [-0.2, 0) is 13.1 Å². The Kier molecular flexibility index (Phi) is 7.92. The molecule has 0 atom stereocenters. The number of aliphatic imine (C=N–C) groups is 2. The van der Waals surface area contributed by atoms with Crippen LogP contribution in [0.4, 0.5) is 23.0 Å². The number of nitrogens with one attached hydrogen (secondary N) is 4. The molecule has 0 saturated heterocycles. The quantitative estimate of drug-likeness (QED) is 0.148. The predicted molar refractivity (Wildman–Crippen MR) is 188 cm³/mol. The van der Waals surface area contributed by atoms with Crippen LogP contribution in [0, 0.1) is 33.1 Å². The summed E-state index contributed by atoms with van der Waals surface area (Å²) in [5.74, 6) is 1.88. The summed E-state index contributed by atoms with van der Waals surface area (Å²) in [6, 6.07) is 8.09. The Labute approximate surface area is 276 Å². The van der Waals surface area contributed by atoms with E-state index in [9.17, 15) is 0 Å². The molecule has 0 saturated carbocycles. The van der Waals surface area contributed by atoms with Gasteiger partial charge in [0.25, 0.3) is 0 Å². The maximum absolute atomic E-state index is 8.79. The molecule has 0 amide bonds. The van der Waals surface area contributed by atoms with E-state index in [1.165, 1.54) is 0 Å². The lowest BCUT2D eigenvalue weighted by atomic mass is 10.1. The van der Waals surface area contributed by atoms with Crippen LogP contribution < -0.4 is 21.7 Å². The molecule has 15 nitrogen and oxygen atoms in total. The number of aryl methyl sites for hydroxylation is 4. The summed E-state index contributed by atoms with van der Waals surface area (Å²) < 4.78 is 7.75. The van der Waals surface area contributed by atoms with Crippen molar-refractivity contribution in [2.45, 2.75) is 40.8 Å². The second-order valence-electron chi connectivity index (χ2n) is 11.7. The summed E-state index contributed by atoms with van der Waals surface area (Å²) in [7, 11) is 0. The molecular formula is C33H37N15.